The molecule has 0 saturated heterocycles. The Morgan fingerprint density at radius 3 is 1.12 bits per heavy atom. The number of aromatic nitrogens is 2. The number of fused-ring (bicyclic) bond motifs is 25. The first-order chi connectivity index (χ1) is 61.5. The SMILES string of the molecule is c1ccc(-c2cccc(-c3ccccc3N(c3cccc(-c4ccccc4)c3)c3ccc4c(c3)C3(c5ccccc5-4)c4ccccc4-n4c5cccc(-c6cccc7cc(N(c8ccc9c(c8)C8(c%10ccccc%10-9)c9ccccc9-n9c%10ccccc%10c%10cccc8c%109)c8ccccc8-c8cccc(-c9ccccc9)c8)ccc67)c5c5cccc3c54)c2)cc1. The summed E-state index contributed by atoms with van der Waals surface area (Å²) in [6, 6.07) is 174. The van der Waals surface area contributed by atoms with E-state index >= 15 is 0 Å². The van der Waals surface area contributed by atoms with Crippen molar-refractivity contribution in [2.45, 2.75) is 10.8 Å². The lowest BCUT2D eigenvalue weighted by molar-refractivity contribution is 0.748. The van der Waals surface area contributed by atoms with E-state index in [1.54, 1.807) is 0 Å². The summed E-state index contributed by atoms with van der Waals surface area (Å²) in [5, 5.41) is 7.28. The van der Waals surface area contributed by atoms with Crippen LogP contribution in [0.15, 0.2) is 461 Å². The van der Waals surface area contributed by atoms with Gasteiger partial charge in [-0.3, -0.25) is 0 Å². The molecule has 20 aromatic carbocycles. The summed E-state index contributed by atoms with van der Waals surface area (Å²) in [4.78, 5) is 5.06. The topological polar surface area (TPSA) is 16.3 Å². The summed E-state index contributed by atoms with van der Waals surface area (Å²) >= 11 is 0. The summed E-state index contributed by atoms with van der Waals surface area (Å²) < 4.78 is 5.15. The second-order valence-corrected chi connectivity index (χ2v) is 33.6. The standard InChI is InChI=1S/C120H76N4/c1-4-31-77(32-5-1)80-37-24-40-83(71-80)91-44-12-19-59-110(91)121(86-43-26-39-82(73-86)79-35-8-3-9-36-79)88-66-69-97-95-47-11-16-54-103(95)120(109(97)75-88)105-56-18-23-63-114(105)124-115-64-30-50-99(116(115)101-52-29-58-107(120)118(101)124)93-49-27-42-85-74-87(65-68-90(85)93)122(111-60-20-13-45-92(111)84-41-25-38-81(72-84)78-33-6-2-7-34-78)89-67-70-96-94-46-10-15-53-102(94)119(108(96)76-89)104-55-17-22-62-113(104)123-112-61-21-14-48-98(112)100-51-28-57-106(119)117(100)123/h1-76H. The lowest BCUT2D eigenvalue weighted by Gasteiger charge is -2.40. The Bertz CT molecular complexity index is 8210. The Morgan fingerprint density at radius 2 is 0.540 bits per heavy atom. The van der Waals surface area contributed by atoms with Crippen LogP contribution in [0.2, 0.25) is 0 Å². The quantitative estimate of drug-likeness (QED) is 0.121. The molecule has 4 nitrogen and oxygen atoms in total. The zero-order valence-electron chi connectivity index (χ0n) is 67.7. The molecule has 2 unspecified atom stereocenters. The van der Waals surface area contributed by atoms with E-state index in [4.69, 9.17) is 0 Å². The molecule has 4 heteroatoms. The zero-order chi connectivity index (χ0) is 81.3. The molecule has 2 atom stereocenters. The number of anilines is 6. The summed E-state index contributed by atoms with van der Waals surface area (Å²) in [5.74, 6) is 0. The Labute approximate surface area is 719 Å². The lowest BCUT2D eigenvalue weighted by atomic mass is 9.65. The van der Waals surface area contributed by atoms with Gasteiger partial charge in [-0.25, -0.2) is 0 Å². The van der Waals surface area contributed by atoms with Crippen molar-refractivity contribution >= 4 is 88.5 Å². The van der Waals surface area contributed by atoms with Gasteiger partial charge in [-0.15, -0.1) is 0 Å². The molecule has 124 heavy (non-hydrogen) atoms. The largest absolute Gasteiger partial charge is 0.310 e. The third-order valence-corrected chi connectivity index (χ3v) is 27.5. The first-order valence-corrected chi connectivity index (χ1v) is 43.1. The molecule has 2 spiro atoms. The second-order valence-electron chi connectivity index (χ2n) is 33.6. The molecule has 2 aliphatic heterocycles. The first kappa shape index (κ1) is 69.8. The molecule has 2 aromatic heterocycles. The van der Waals surface area contributed by atoms with Crippen LogP contribution in [-0.2, 0) is 10.8 Å². The minimum Gasteiger partial charge on any atom is -0.310 e. The van der Waals surface area contributed by atoms with Crippen LogP contribution in [0.25, 0.3) is 155 Å². The molecule has 0 saturated carbocycles. The van der Waals surface area contributed by atoms with Gasteiger partial charge in [0.15, 0.2) is 0 Å². The molecule has 22 aromatic rings. The maximum atomic E-state index is 2.61. The number of nitrogens with zero attached hydrogens (tertiary/aromatic N) is 4. The van der Waals surface area contributed by atoms with E-state index in [1.165, 1.54) is 166 Å². The average molecular weight is 1570 g/mol. The first-order valence-electron chi connectivity index (χ1n) is 43.1. The molecule has 26 rings (SSSR count). The zero-order valence-corrected chi connectivity index (χ0v) is 67.7. The van der Waals surface area contributed by atoms with Crippen LogP contribution in [-0.4, -0.2) is 9.13 Å². The van der Waals surface area contributed by atoms with Crippen molar-refractivity contribution in [3.05, 3.63) is 506 Å². The fourth-order valence-corrected chi connectivity index (χ4v) is 22.5. The van der Waals surface area contributed by atoms with Crippen molar-refractivity contribution in [1.29, 1.82) is 0 Å². The molecule has 0 N–H and O–H groups in total. The lowest BCUT2D eigenvalue weighted by Crippen LogP contribution is -2.33. The van der Waals surface area contributed by atoms with Gasteiger partial charge in [-0.2, -0.15) is 0 Å². The highest BCUT2D eigenvalue weighted by Crippen LogP contribution is 2.65. The fraction of sp³-hybridized carbons (Fsp3) is 0.0167. The molecule has 4 heterocycles. The summed E-state index contributed by atoms with van der Waals surface area (Å²) in [7, 11) is 0. The molecule has 576 valence electrons. The summed E-state index contributed by atoms with van der Waals surface area (Å²) in [6.07, 6.45) is 0. The number of hydrogen-bond acceptors (Lipinski definition) is 2. The highest BCUT2D eigenvalue weighted by atomic mass is 15.2. The normalized spacial score (nSPS) is 14.7. The Balaban J connectivity index is 0.662. The summed E-state index contributed by atoms with van der Waals surface area (Å²) in [6.45, 7) is 0. The van der Waals surface area contributed by atoms with Crippen LogP contribution in [0.1, 0.15) is 44.5 Å². The third-order valence-electron chi connectivity index (χ3n) is 27.5. The van der Waals surface area contributed by atoms with E-state index < -0.39 is 10.8 Å². The van der Waals surface area contributed by atoms with Crippen LogP contribution >= 0.6 is 0 Å². The molecular formula is C120H76N4. The van der Waals surface area contributed by atoms with Crippen molar-refractivity contribution in [1.82, 2.24) is 9.13 Å². The minimum absolute atomic E-state index is 0.664. The van der Waals surface area contributed by atoms with Gasteiger partial charge >= 0.3 is 0 Å². The highest BCUT2D eigenvalue weighted by molar-refractivity contribution is 6.21. The monoisotopic (exact) mass is 1570 g/mol. The van der Waals surface area contributed by atoms with Crippen molar-refractivity contribution in [3.63, 3.8) is 0 Å². The fourth-order valence-electron chi connectivity index (χ4n) is 22.5. The number of rotatable bonds is 12. The van der Waals surface area contributed by atoms with Crippen molar-refractivity contribution in [2.24, 2.45) is 0 Å². The van der Waals surface area contributed by atoms with Crippen LogP contribution in [0.4, 0.5) is 34.1 Å². The van der Waals surface area contributed by atoms with E-state index in [1.807, 2.05) is 0 Å². The van der Waals surface area contributed by atoms with Gasteiger partial charge in [0.2, 0.25) is 0 Å². The maximum Gasteiger partial charge on any atom is 0.0755 e. The van der Waals surface area contributed by atoms with E-state index in [0.717, 1.165) is 67.3 Å². The van der Waals surface area contributed by atoms with Crippen molar-refractivity contribution < 1.29 is 0 Å². The Hall–Kier alpha value is -16.1. The van der Waals surface area contributed by atoms with Gasteiger partial charge < -0.3 is 18.9 Å². The Morgan fingerprint density at radius 1 is 0.177 bits per heavy atom. The predicted octanol–water partition coefficient (Wildman–Crippen LogP) is 31.3. The number of hydrogen-bond donors (Lipinski definition) is 0. The Kier molecular flexibility index (Phi) is 15.3. The molecule has 0 bridgehead atoms. The third kappa shape index (κ3) is 9.96. The van der Waals surface area contributed by atoms with Crippen LogP contribution in [0.3, 0.4) is 0 Å². The van der Waals surface area contributed by atoms with Crippen LogP contribution in [0, 0.1) is 0 Å². The molecule has 0 amide bonds. The van der Waals surface area contributed by atoms with Crippen molar-refractivity contribution in [3.8, 4) is 100 Å². The number of benzene rings is 20. The minimum atomic E-state index is -0.742. The van der Waals surface area contributed by atoms with E-state index in [9.17, 15) is 0 Å². The van der Waals surface area contributed by atoms with Crippen LogP contribution in [0.5, 0.6) is 0 Å². The predicted molar refractivity (Wildman–Crippen MR) is 516 cm³/mol. The summed E-state index contributed by atoms with van der Waals surface area (Å²) in [5.41, 5.74) is 41.4. The van der Waals surface area contributed by atoms with Gasteiger partial charge in [0.05, 0.1) is 55.6 Å². The molecule has 0 radical (unpaired) electrons. The van der Waals surface area contributed by atoms with Crippen LogP contribution < -0.4 is 9.80 Å². The van der Waals surface area contributed by atoms with Gasteiger partial charge in [-0.1, -0.05) is 364 Å². The molecule has 0 fully saturated rings. The van der Waals surface area contributed by atoms with Gasteiger partial charge in [0, 0.05) is 55.4 Å². The smallest absolute Gasteiger partial charge is 0.0755 e. The average Bonchev–Trinajstić information content (AvgIpc) is 1.49. The van der Waals surface area contributed by atoms with E-state index in [-0.39, 0.29) is 0 Å². The van der Waals surface area contributed by atoms with Gasteiger partial charge in [0.25, 0.3) is 0 Å². The maximum absolute atomic E-state index is 2.61. The van der Waals surface area contributed by atoms with Crippen molar-refractivity contribution in [2.75, 3.05) is 9.80 Å². The number of para-hydroxylation sites is 7. The van der Waals surface area contributed by atoms with Gasteiger partial charge in [0.1, 0.15) is 0 Å². The molecule has 4 aliphatic rings. The molecular weight excluding hydrogens is 1500 g/mol. The van der Waals surface area contributed by atoms with Gasteiger partial charge in [-0.05, 0) is 230 Å². The molecule has 2 aliphatic carbocycles. The van der Waals surface area contributed by atoms with E-state index in [2.05, 4.69) is 480 Å². The second kappa shape index (κ2) is 27.2. The highest BCUT2D eigenvalue weighted by Gasteiger charge is 2.53. The van der Waals surface area contributed by atoms with E-state index in [0.29, 0.717) is 0 Å².